The van der Waals surface area contributed by atoms with Crippen molar-refractivity contribution in [2.45, 2.75) is 43.5 Å². The van der Waals surface area contributed by atoms with Gasteiger partial charge < -0.3 is 19.3 Å². The molecule has 2 N–H and O–H groups in total. The fourth-order valence-electron chi connectivity index (χ4n) is 3.10. The van der Waals surface area contributed by atoms with Crippen molar-refractivity contribution in [3.63, 3.8) is 0 Å². The minimum Gasteiger partial charge on any atom is -0.478 e. The Balaban J connectivity index is 1.60. The lowest BCUT2D eigenvalue weighted by molar-refractivity contribution is -0.173. The van der Waals surface area contributed by atoms with E-state index in [4.69, 9.17) is 19.3 Å². The maximum absolute atomic E-state index is 12.4. The highest BCUT2D eigenvalue weighted by atomic mass is 32.2. The van der Waals surface area contributed by atoms with Crippen LogP contribution in [-0.4, -0.2) is 51.1 Å². The SMILES string of the molecule is CC1=CC(COC2CCCCO2)OC(N=NC(=O)NS(=O)(=O)c2ccccc2C(=O)O)=C1. The zero-order valence-corrected chi connectivity index (χ0v) is 18.1. The van der Waals surface area contributed by atoms with Crippen LogP contribution in [0, 0.1) is 0 Å². The van der Waals surface area contributed by atoms with Crippen molar-refractivity contribution in [3.8, 4) is 0 Å². The first-order chi connectivity index (χ1) is 15.2. The molecule has 0 bridgehead atoms. The molecule has 2 aliphatic heterocycles. The van der Waals surface area contributed by atoms with E-state index in [-0.39, 0.29) is 18.8 Å². The first kappa shape index (κ1) is 23.6. The molecule has 1 aromatic carbocycles. The second-order valence-electron chi connectivity index (χ2n) is 7.09. The van der Waals surface area contributed by atoms with Crippen LogP contribution in [0.3, 0.4) is 0 Å². The van der Waals surface area contributed by atoms with Gasteiger partial charge in [0.05, 0.1) is 12.2 Å². The third-order valence-corrected chi connectivity index (χ3v) is 5.90. The Morgan fingerprint density at radius 1 is 1.28 bits per heavy atom. The summed E-state index contributed by atoms with van der Waals surface area (Å²) < 4.78 is 43.2. The molecular formula is C20H23N3O8S. The van der Waals surface area contributed by atoms with Gasteiger partial charge in [0.1, 0.15) is 11.0 Å². The van der Waals surface area contributed by atoms with Crippen molar-refractivity contribution in [3.05, 3.63) is 53.4 Å². The lowest BCUT2D eigenvalue weighted by Crippen LogP contribution is -2.29. The number of carbonyl (C=O) groups excluding carboxylic acids is 1. The molecule has 0 aromatic heterocycles. The molecule has 1 aromatic rings. The molecule has 32 heavy (non-hydrogen) atoms. The molecule has 0 aliphatic carbocycles. The number of azo groups is 1. The van der Waals surface area contributed by atoms with E-state index in [9.17, 15) is 18.0 Å². The summed E-state index contributed by atoms with van der Waals surface area (Å²) >= 11 is 0. The van der Waals surface area contributed by atoms with Crippen molar-refractivity contribution in [2.24, 2.45) is 10.2 Å². The number of hydrogen-bond acceptors (Lipinski definition) is 8. The van der Waals surface area contributed by atoms with Gasteiger partial charge >= 0.3 is 12.0 Å². The van der Waals surface area contributed by atoms with Crippen LogP contribution in [0.15, 0.2) is 63.0 Å². The first-order valence-corrected chi connectivity index (χ1v) is 11.3. The molecule has 2 unspecified atom stereocenters. The summed E-state index contributed by atoms with van der Waals surface area (Å²) in [5.41, 5.74) is 0.320. The Morgan fingerprint density at radius 2 is 2.06 bits per heavy atom. The van der Waals surface area contributed by atoms with Gasteiger partial charge in [0, 0.05) is 12.7 Å². The normalized spacial score (nSPS) is 21.4. The number of aromatic carboxylic acids is 1. The predicted octanol–water partition coefficient (Wildman–Crippen LogP) is 2.97. The molecule has 0 saturated carbocycles. The van der Waals surface area contributed by atoms with Crippen molar-refractivity contribution in [1.29, 1.82) is 0 Å². The molecule has 3 rings (SSSR count). The molecule has 2 atom stereocenters. The van der Waals surface area contributed by atoms with Crippen LogP contribution < -0.4 is 4.72 Å². The lowest BCUT2D eigenvalue weighted by atomic mass is 10.2. The number of benzene rings is 1. The Kier molecular flexibility index (Phi) is 7.72. The summed E-state index contributed by atoms with van der Waals surface area (Å²) in [4.78, 5) is 22.7. The van der Waals surface area contributed by atoms with E-state index < -0.39 is 38.6 Å². The summed E-state index contributed by atoms with van der Waals surface area (Å²) in [6.07, 6.45) is 5.41. The Labute approximate surface area is 184 Å². The largest absolute Gasteiger partial charge is 0.478 e. The van der Waals surface area contributed by atoms with Crippen molar-refractivity contribution < 1.29 is 37.3 Å². The maximum atomic E-state index is 12.4. The van der Waals surface area contributed by atoms with Crippen LogP contribution in [0.2, 0.25) is 0 Å². The average Bonchev–Trinajstić information content (AvgIpc) is 2.76. The number of sulfonamides is 1. The number of rotatable bonds is 7. The second kappa shape index (κ2) is 10.5. The fraction of sp³-hybridized carbons (Fsp3) is 0.400. The highest BCUT2D eigenvalue weighted by Crippen LogP contribution is 2.20. The number of amides is 2. The third-order valence-electron chi connectivity index (χ3n) is 4.52. The number of carboxylic acid groups (broad SMARTS) is 1. The molecule has 2 heterocycles. The zero-order chi connectivity index (χ0) is 23.1. The van der Waals surface area contributed by atoms with Gasteiger partial charge in [0.15, 0.2) is 6.29 Å². The Hall–Kier alpha value is -3.09. The minimum atomic E-state index is -4.47. The van der Waals surface area contributed by atoms with E-state index in [2.05, 4.69) is 10.2 Å². The number of ether oxygens (including phenoxy) is 3. The Bertz CT molecular complexity index is 1060. The van der Waals surface area contributed by atoms with Crippen molar-refractivity contribution in [2.75, 3.05) is 13.2 Å². The van der Waals surface area contributed by atoms with Crippen LogP contribution in [-0.2, 0) is 24.2 Å². The van der Waals surface area contributed by atoms with E-state index in [1.165, 1.54) is 18.2 Å². The summed E-state index contributed by atoms with van der Waals surface area (Å²) in [7, 11) is -4.47. The topological polar surface area (TPSA) is 153 Å². The molecule has 2 aliphatic rings. The van der Waals surface area contributed by atoms with Crippen molar-refractivity contribution in [1.82, 2.24) is 4.72 Å². The van der Waals surface area contributed by atoms with Gasteiger partial charge in [0.2, 0.25) is 5.88 Å². The van der Waals surface area contributed by atoms with Crippen LogP contribution >= 0.6 is 0 Å². The van der Waals surface area contributed by atoms with E-state index in [0.717, 1.165) is 37.0 Å². The number of urea groups is 1. The predicted molar refractivity (Wildman–Crippen MR) is 110 cm³/mol. The van der Waals surface area contributed by atoms with E-state index in [1.807, 2.05) is 6.08 Å². The standard InChI is InChI=1S/C20H23N3O8S/c1-13-10-14(12-30-18-8-4-5-9-29-18)31-17(11-13)21-22-20(26)23-32(27,28)16-7-3-2-6-15(16)19(24)25/h2-3,6-7,10-11,14,18H,4-5,8-9,12H2,1H3,(H,23,26)(H,24,25). The van der Waals surface area contributed by atoms with Crippen molar-refractivity contribution >= 4 is 22.0 Å². The molecule has 2 amide bonds. The van der Waals surface area contributed by atoms with Crippen LogP contribution in [0.25, 0.3) is 0 Å². The van der Waals surface area contributed by atoms with Crippen LogP contribution in [0.4, 0.5) is 4.79 Å². The molecule has 0 radical (unpaired) electrons. The highest BCUT2D eigenvalue weighted by molar-refractivity contribution is 7.90. The lowest BCUT2D eigenvalue weighted by Gasteiger charge is -2.26. The molecule has 1 fully saturated rings. The van der Waals surface area contributed by atoms with Gasteiger partial charge in [-0.15, -0.1) is 5.11 Å². The van der Waals surface area contributed by atoms with Gasteiger partial charge in [-0.25, -0.2) is 22.7 Å². The minimum absolute atomic E-state index is 0.00152. The summed E-state index contributed by atoms with van der Waals surface area (Å²) in [6.45, 7) is 2.66. The molecule has 12 heteroatoms. The molecule has 11 nitrogen and oxygen atoms in total. The number of allylic oxidation sites excluding steroid dienone is 2. The summed E-state index contributed by atoms with van der Waals surface area (Å²) in [5, 5.41) is 16.1. The third kappa shape index (κ3) is 6.45. The second-order valence-corrected chi connectivity index (χ2v) is 8.74. The molecule has 0 spiro atoms. The fourth-order valence-corrected chi connectivity index (χ4v) is 4.18. The maximum Gasteiger partial charge on any atom is 0.373 e. The summed E-state index contributed by atoms with van der Waals surface area (Å²) in [5.74, 6) is -1.45. The van der Waals surface area contributed by atoms with Gasteiger partial charge in [0.25, 0.3) is 10.0 Å². The smallest absolute Gasteiger partial charge is 0.373 e. The number of nitrogens with zero attached hydrogens (tertiary/aromatic N) is 2. The quantitative estimate of drug-likeness (QED) is 0.583. The Morgan fingerprint density at radius 3 is 2.78 bits per heavy atom. The van der Waals surface area contributed by atoms with Crippen LogP contribution in [0.1, 0.15) is 36.5 Å². The molecule has 172 valence electrons. The van der Waals surface area contributed by atoms with E-state index in [0.29, 0.717) is 6.61 Å². The van der Waals surface area contributed by atoms with E-state index >= 15 is 0 Å². The summed E-state index contributed by atoms with van der Waals surface area (Å²) in [6, 6.07) is 3.58. The number of hydrogen-bond donors (Lipinski definition) is 2. The van der Waals surface area contributed by atoms with Gasteiger partial charge in [-0.3, -0.25) is 0 Å². The number of nitrogens with one attached hydrogen (secondary N) is 1. The number of carboxylic acids is 1. The average molecular weight is 465 g/mol. The zero-order valence-electron chi connectivity index (χ0n) is 17.3. The first-order valence-electron chi connectivity index (χ1n) is 9.85. The van der Waals surface area contributed by atoms with E-state index in [1.54, 1.807) is 11.6 Å². The molecular weight excluding hydrogens is 442 g/mol. The van der Waals surface area contributed by atoms with Gasteiger partial charge in [-0.2, -0.15) is 0 Å². The number of carbonyl (C=O) groups is 2. The molecule has 1 saturated heterocycles. The van der Waals surface area contributed by atoms with Gasteiger partial charge in [-0.1, -0.05) is 17.2 Å². The van der Waals surface area contributed by atoms with Crippen LogP contribution in [0.5, 0.6) is 0 Å². The highest BCUT2D eigenvalue weighted by Gasteiger charge is 2.24. The van der Waals surface area contributed by atoms with Gasteiger partial charge in [-0.05, 0) is 50.0 Å². The monoisotopic (exact) mass is 465 g/mol.